The Morgan fingerprint density at radius 2 is 2.16 bits per heavy atom. The van der Waals surface area contributed by atoms with E-state index >= 15 is 0 Å². The first kappa shape index (κ1) is 14.9. The summed E-state index contributed by atoms with van der Waals surface area (Å²) in [6, 6.07) is 0. The number of hydrogen-bond acceptors (Lipinski definition) is 4. The van der Waals surface area contributed by atoms with E-state index in [9.17, 15) is 4.79 Å². The Morgan fingerprint density at radius 1 is 1.42 bits per heavy atom. The number of rotatable bonds is 5. The molecule has 1 heterocycles. The van der Waals surface area contributed by atoms with E-state index < -0.39 is 0 Å². The van der Waals surface area contributed by atoms with Crippen LogP contribution in [0.25, 0.3) is 0 Å². The lowest BCUT2D eigenvalue weighted by atomic mass is 9.83. The number of hydrogen-bond donors (Lipinski definition) is 1. The second kappa shape index (κ2) is 6.79. The number of carbonyl (C=O) groups is 1. The Labute approximate surface area is 126 Å². The number of halogens is 1. The molecule has 1 saturated carbocycles. The van der Waals surface area contributed by atoms with Gasteiger partial charge in [-0.25, -0.2) is 0 Å². The van der Waals surface area contributed by atoms with Crippen LogP contribution in [0.15, 0.2) is 0 Å². The van der Waals surface area contributed by atoms with Crippen LogP contribution in [0.3, 0.4) is 0 Å². The molecule has 1 aliphatic carbocycles. The van der Waals surface area contributed by atoms with Crippen LogP contribution in [0.5, 0.6) is 0 Å². The zero-order valence-electron chi connectivity index (χ0n) is 11.2. The molecule has 0 atom stereocenters. The Hall–Kier alpha value is -0.490. The van der Waals surface area contributed by atoms with Gasteiger partial charge in [-0.2, -0.15) is 0 Å². The summed E-state index contributed by atoms with van der Waals surface area (Å²) >= 11 is 4.77. The van der Waals surface area contributed by atoms with Gasteiger partial charge in [-0.15, -0.1) is 5.10 Å². The quantitative estimate of drug-likeness (QED) is 0.832. The minimum Gasteiger partial charge on any atom is -0.345 e. The highest BCUT2D eigenvalue weighted by molar-refractivity contribution is 9.09. The number of aryl methyl sites for hydroxylation is 1. The summed E-state index contributed by atoms with van der Waals surface area (Å²) in [4.78, 5) is 13.1. The predicted octanol–water partition coefficient (Wildman–Crippen LogP) is 3.32. The number of aromatic nitrogens is 2. The molecule has 6 heteroatoms. The maximum Gasteiger partial charge on any atom is 0.265 e. The summed E-state index contributed by atoms with van der Waals surface area (Å²) in [6.07, 6.45) is 7.56. The molecule has 1 amide bonds. The number of nitrogens with zero attached hydrogens (tertiary/aromatic N) is 2. The van der Waals surface area contributed by atoms with Gasteiger partial charge in [0.25, 0.3) is 5.91 Å². The van der Waals surface area contributed by atoms with Gasteiger partial charge in [-0.3, -0.25) is 4.79 Å². The molecule has 1 N–H and O–H groups in total. The molecule has 0 aliphatic heterocycles. The standard InChI is InChI=1S/C13H20BrN3OS/c1-2-6-10-11(19-17-16-10)12(18)15-13(9-14)7-4-3-5-8-13/h2-9H2,1H3,(H,15,18). The van der Waals surface area contributed by atoms with Crippen molar-refractivity contribution < 1.29 is 4.79 Å². The molecular formula is C13H20BrN3OS. The fraction of sp³-hybridized carbons (Fsp3) is 0.769. The van der Waals surface area contributed by atoms with E-state index in [4.69, 9.17) is 0 Å². The topological polar surface area (TPSA) is 54.9 Å². The molecule has 2 rings (SSSR count). The van der Waals surface area contributed by atoms with Crippen molar-refractivity contribution >= 4 is 33.4 Å². The molecule has 0 spiro atoms. The molecular weight excluding hydrogens is 326 g/mol. The first-order chi connectivity index (χ1) is 9.21. The van der Waals surface area contributed by atoms with Crippen molar-refractivity contribution in [2.24, 2.45) is 0 Å². The van der Waals surface area contributed by atoms with Gasteiger partial charge in [-0.05, 0) is 30.8 Å². The SMILES string of the molecule is CCCc1nnsc1C(=O)NC1(CBr)CCCCC1. The summed E-state index contributed by atoms with van der Waals surface area (Å²) in [5.41, 5.74) is 0.758. The predicted molar refractivity (Wildman–Crippen MR) is 81.0 cm³/mol. The van der Waals surface area contributed by atoms with E-state index in [2.05, 4.69) is 37.8 Å². The van der Waals surface area contributed by atoms with Crippen molar-refractivity contribution in [2.45, 2.75) is 57.4 Å². The Bertz CT molecular complexity index is 429. The highest BCUT2D eigenvalue weighted by atomic mass is 79.9. The lowest BCUT2D eigenvalue weighted by Crippen LogP contribution is -2.51. The first-order valence-electron chi connectivity index (χ1n) is 6.90. The Balaban J connectivity index is 2.08. The highest BCUT2D eigenvalue weighted by Crippen LogP contribution is 2.30. The Kier molecular flexibility index (Phi) is 5.33. The van der Waals surface area contributed by atoms with Crippen molar-refractivity contribution in [1.29, 1.82) is 0 Å². The van der Waals surface area contributed by atoms with Crippen molar-refractivity contribution in [3.05, 3.63) is 10.6 Å². The van der Waals surface area contributed by atoms with Gasteiger partial charge in [0.2, 0.25) is 0 Å². The van der Waals surface area contributed by atoms with Crippen LogP contribution in [-0.2, 0) is 6.42 Å². The molecule has 106 valence electrons. The van der Waals surface area contributed by atoms with Crippen molar-refractivity contribution in [3.63, 3.8) is 0 Å². The normalized spacial score (nSPS) is 18.2. The fourth-order valence-electron chi connectivity index (χ4n) is 2.60. The summed E-state index contributed by atoms with van der Waals surface area (Å²) < 4.78 is 3.92. The van der Waals surface area contributed by atoms with Gasteiger partial charge in [0.15, 0.2) is 0 Å². The van der Waals surface area contributed by atoms with E-state index in [1.54, 1.807) is 0 Å². The lowest BCUT2D eigenvalue weighted by molar-refractivity contribution is 0.0889. The molecule has 1 aromatic heterocycles. The second-order valence-corrected chi connectivity index (χ2v) is 6.54. The molecule has 1 fully saturated rings. The van der Waals surface area contributed by atoms with Crippen LogP contribution in [0.2, 0.25) is 0 Å². The van der Waals surface area contributed by atoms with E-state index in [0.29, 0.717) is 4.88 Å². The van der Waals surface area contributed by atoms with Crippen molar-refractivity contribution in [3.8, 4) is 0 Å². The third kappa shape index (κ3) is 3.54. The van der Waals surface area contributed by atoms with Gasteiger partial charge >= 0.3 is 0 Å². The molecule has 0 radical (unpaired) electrons. The molecule has 4 nitrogen and oxygen atoms in total. The van der Waals surface area contributed by atoms with E-state index in [1.807, 2.05) is 0 Å². The molecule has 0 saturated heterocycles. The van der Waals surface area contributed by atoms with Crippen LogP contribution >= 0.6 is 27.5 Å². The third-order valence-electron chi connectivity index (χ3n) is 3.69. The maximum absolute atomic E-state index is 12.4. The summed E-state index contributed by atoms with van der Waals surface area (Å²) in [5, 5.41) is 8.11. The van der Waals surface area contributed by atoms with E-state index in [1.165, 1.54) is 30.8 Å². The van der Waals surface area contributed by atoms with Crippen molar-refractivity contribution in [1.82, 2.24) is 14.9 Å². The zero-order valence-corrected chi connectivity index (χ0v) is 13.6. The van der Waals surface area contributed by atoms with Crippen LogP contribution in [0, 0.1) is 0 Å². The smallest absolute Gasteiger partial charge is 0.265 e. The lowest BCUT2D eigenvalue weighted by Gasteiger charge is -2.36. The van der Waals surface area contributed by atoms with Gasteiger partial charge in [0.1, 0.15) is 4.88 Å². The average Bonchev–Trinajstić information content (AvgIpc) is 2.88. The number of alkyl halides is 1. The molecule has 1 aliphatic rings. The monoisotopic (exact) mass is 345 g/mol. The van der Waals surface area contributed by atoms with Crippen molar-refractivity contribution in [2.75, 3.05) is 5.33 Å². The van der Waals surface area contributed by atoms with Crippen LogP contribution in [0.4, 0.5) is 0 Å². The number of nitrogens with one attached hydrogen (secondary N) is 1. The van der Waals surface area contributed by atoms with E-state index in [-0.39, 0.29) is 11.4 Å². The first-order valence-corrected chi connectivity index (χ1v) is 8.80. The minimum absolute atomic E-state index is 0.000185. The fourth-order valence-corrected chi connectivity index (χ4v) is 3.90. The summed E-state index contributed by atoms with van der Waals surface area (Å²) in [6.45, 7) is 2.09. The highest BCUT2D eigenvalue weighted by Gasteiger charge is 2.33. The molecule has 19 heavy (non-hydrogen) atoms. The molecule has 0 unspecified atom stereocenters. The summed E-state index contributed by atoms with van der Waals surface area (Å²) in [7, 11) is 0. The van der Waals surface area contributed by atoms with Gasteiger partial charge < -0.3 is 5.32 Å². The summed E-state index contributed by atoms with van der Waals surface area (Å²) in [5.74, 6) is -0.000185. The molecule has 0 bridgehead atoms. The number of carbonyl (C=O) groups excluding carboxylic acids is 1. The van der Waals surface area contributed by atoms with Gasteiger partial charge in [0.05, 0.1) is 11.2 Å². The maximum atomic E-state index is 12.4. The third-order valence-corrected chi connectivity index (χ3v) is 5.53. The minimum atomic E-state index is -0.0805. The van der Waals surface area contributed by atoms with Crippen LogP contribution in [-0.4, -0.2) is 26.4 Å². The van der Waals surface area contributed by atoms with E-state index in [0.717, 1.165) is 36.7 Å². The zero-order chi connectivity index (χ0) is 13.7. The van der Waals surface area contributed by atoms with Crippen LogP contribution in [0.1, 0.15) is 60.8 Å². The Morgan fingerprint density at radius 3 is 2.79 bits per heavy atom. The second-order valence-electron chi connectivity index (χ2n) is 5.23. The average molecular weight is 346 g/mol. The van der Waals surface area contributed by atoms with Gasteiger partial charge in [-0.1, -0.05) is 53.0 Å². The number of amides is 1. The van der Waals surface area contributed by atoms with Crippen LogP contribution < -0.4 is 5.32 Å². The molecule has 0 aromatic carbocycles. The largest absolute Gasteiger partial charge is 0.345 e. The van der Waals surface area contributed by atoms with Gasteiger partial charge in [0, 0.05) is 5.33 Å². The molecule has 1 aromatic rings.